The van der Waals surface area contributed by atoms with Gasteiger partial charge in [-0.3, -0.25) is 14.9 Å². The maximum Gasteiger partial charge on any atom is 0.292 e. The summed E-state index contributed by atoms with van der Waals surface area (Å²) in [7, 11) is 0. The lowest BCUT2D eigenvalue weighted by molar-refractivity contribution is -0.383. The highest BCUT2D eigenvalue weighted by molar-refractivity contribution is 5.95. The van der Waals surface area contributed by atoms with Crippen molar-refractivity contribution in [2.45, 2.75) is 32.9 Å². The number of carbonyl (C=O) groups excluding carboxylic acids is 1. The predicted molar refractivity (Wildman–Crippen MR) is 95.6 cm³/mol. The summed E-state index contributed by atoms with van der Waals surface area (Å²) in [5.41, 5.74) is 6.37. The number of amides is 1. The fourth-order valence-corrected chi connectivity index (χ4v) is 2.31. The summed E-state index contributed by atoms with van der Waals surface area (Å²) in [5.74, 6) is 0.351. The van der Waals surface area contributed by atoms with E-state index in [0.717, 1.165) is 11.3 Å². The van der Waals surface area contributed by atoms with Crippen LogP contribution in [0.15, 0.2) is 42.5 Å². The fourth-order valence-electron chi connectivity index (χ4n) is 2.31. The van der Waals surface area contributed by atoms with Crippen molar-refractivity contribution in [1.29, 1.82) is 0 Å². The molecule has 2 aromatic carbocycles. The van der Waals surface area contributed by atoms with Crippen molar-refractivity contribution < 1.29 is 14.5 Å². The van der Waals surface area contributed by atoms with Gasteiger partial charge in [0.2, 0.25) is 0 Å². The molecule has 1 atom stereocenters. The first-order valence-electron chi connectivity index (χ1n) is 7.89. The first kappa shape index (κ1) is 18.3. The zero-order valence-electron chi connectivity index (χ0n) is 14.4. The van der Waals surface area contributed by atoms with Crippen LogP contribution in [0, 0.1) is 10.1 Å². The van der Waals surface area contributed by atoms with E-state index in [4.69, 9.17) is 10.5 Å². The second kappa shape index (κ2) is 7.65. The quantitative estimate of drug-likeness (QED) is 0.474. The number of ether oxygens (including phenoxy) is 1. The SMILES string of the molecule is CC(C)Oc1ccc(C(C)NC(=O)c2ccc(N)c([N+](=O)[O-])c2)cc1. The van der Waals surface area contributed by atoms with Crippen LogP contribution in [0.5, 0.6) is 5.75 Å². The second-order valence-corrected chi connectivity index (χ2v) is 5.96. The molecule has 1 amide bonds. The number of nitrogen functional groups attached to an aromatic ring is 1. The number of hydrogen-bond donors (Lipinski definition) is 2. The van der Waals surface area contributed by atoms with E-state index in [2.05, 4.69) is 5.32 Å². The van der Waals surface area contributed by atoms with Crippen molar-refractivity contribution in [3.8, 4) is 5.75 Å². The van der Waals surface area contributed by atoms with Crippen LogP contribution in [0.4, 0.5) is 11.4 Å². The number of nitro groups is 1. The minimum Gasteiger partial charge on any atom is -0.491 e. The highest BCUT2D eigenvalue weighted by atomic mass is 16.6. The Bertz CT molecular complexity index is 772. The predicted octanol–water partition coefficient (Wildman–Crippen LogP) is 3.46. The van der Waals surface area contributed by atoms with Crippen LogP contribution < -0.4 is 15.8 Å². The van der Waals surface area contributed by atoms with E-state index < -0.39 is 10.8 Å². The largest absolute Gasteiger partial charge is 0.491 e. The molecule has 0 fully saturated rings. The maximum absolute atomic E-state index is 12.3. The molecule has 25 heavy (non-hydrogen) atoms. The summed E-state index contributed by atoms with van der Waals surface area (Å²) in [6.45, 7) is 5.73. The maximum atomic E-state index is 12.3. The molecule has 7 heteroatoms. The van der Waals surface area contributed by atoms with Gasteiger partial charge in [0.15, 0.2) is 0 Å². The Hall–Kier alpha value is -3.09. The number of carbonyl (C=O) groups is 1. The van der Waals surface area contributed by atoms with E-state index in [-0.39, 0.29) is 29.1 Å². The fraction of sp³-hybridized carbons (Fsp3) is 0.278. The molecule has 0 aliphatic carbocycles. The van der Waals surface area contributed by atoms with Crippen molar-refractivity contribution in [3.63, 3.8) is 0 Å². The van der Waals surface area contributed by atoms with E-state index in [1.807, 2.05) is 45.0 Å². The zero-order valence-corrected chi connectivity index (χ0v) is 14.4. The number of nitrogens with zero attached hydrogens (tertiary/aromatic N) is 1. The third-order valence-electron chi connectivity index (χ3n) is 3.59. The van der Waals surface area contributed by atoms with E-state index in [1.165, 1.54) is 18.2 Å². The van der Waals surface area contributed by atoms with Gasteiger partial charge < -0.3 is 15.8 Å². The van der Waals surface area contributed by atoms with Crippen molar-refractivity contribution in [2.24, 2.45) is 0 Å². The third-order valence-corrected chi connectivity index (χ3v) is 3.59. The van der Waals surface area contributed by atoms with Gasteiger partial charge in [-0.2, -0.15) is 0 Å². The average molecular weight is 343 g/mol. The monoisotopic (exact) mass is 343 g/mol. The van der Waals surface area contributed by atoms with Crippen LogP contribution in [0.1, 0.15) is 42.7 Å². The Morgan fingerprint density at radius 1 is 1.16 bits per heavy atom. The molecule has 0 aliphatic heterocycles. The molecule has 0 spiro atoms. The zero-order chi connectivity index (χ0) is 18.6. The second-order valence-electron chi connectivity index (χ2n) is 5.96. The first-order chi connectivity index (χ1) is 11.8. The lowest BCUT2D eigenvalue weighted by Gasteiger charge is -2.16. The minimum absolute atomic E-state index is 0.0235. The van der Waals surface area contributed by atoms with Crippen LogP contribution >= 0.6 is 0 Å². The van der Waals surface area contributed by atoms with Crippen LogP contribution in [0.25, 0.3) is 0 Å². The highest BCUT2D eigenvalue weighted by Gasteiger charge is 2.17. The number of anilines is 1. The minimum atomic E-state index is -0.608. The van der Waals surface area contributed by atoms with Gasteiger partial charge >= 0.3 is 0 Å². The van der Waals surface area contributed by atoms with Crippen molar-refractivity contribution in [2.75, 3.05) is 5.73 Å². The molecule has 132 valence electrons. The molecule has 2 aromatic rings. The molecule has 7 nitrogen and oxygen atoms in total. The first-order valence-corrected chi connectivity index (χ1v) is 7.89. The van der Waals surface area contributed by atoms with Gasteiger partial charge in [-0.15, -0.1) is 0 Å². The number of nitrogens with one attached hydrogen (secondary N) is 1. The molecule has 0 radical (unpaired) electrons. The van der Waals surface area contributed by atoms with E-state index in [1.54, 1.807) is 0 Å². The van der Waals surface area contributed by atoms with Crippen molar-refractivity contribution in [1.82, 2.24) is 5.32 Å². The molecular weight excluding hydrogens is 322 g/mol. The van der Waals surface area contributed by atoms with E-state index in [9.17, 15) is 14.9 Å². The van der Waals surface area contributed by atoms with Gasteiger partial charge in [0, 0.05) is 11.6 Å². The lowest BCUT2D eigenvalue weighted by Crippen LogP contribution is -2.26. The van der Waals surface area contributed by atoms with Crippen molar-refractivity contribution >= 4 is 17.3 Å². The third kappa shape index (κ3) is 4.69. The molecule has 1 unspecified atom stereocenters. The Morgan fingerprint density at radius 3 is 2.36 bits per heavy atom. The summed E-state index contributed by atoms with van der Waals surface area (Å²) >= 11 is 0. The van der Waals surface area contributed by atoms with Gasteiger partial charge in [0.25, 0.3) is 11.6 Å². The number of hydrogen-bond acceptors (Lipinski definition) is 5. The topological polar surface area (TPSA) is 107 Å². The molecule has 0 aliphatic rings. The van der Waals surface area contributed by atoms with Gasteiger partial charge in [-0.25, -0.2) is 0 Å². The Labute approximate surface area is 145 Å². The number of nitro benzene ring substituents is 1. The lowest BCUT2D eigenvalue weighted by atomic mass is 10.1. The molecule has 2 rings (SSSR count). The van der Waals surface area contributed by atoms with Crippen LogP contribution in [0.2, 0.25) is 0 Å². The molecule has 0 saturated heterocycles. The summed E-state index contributed by atoms with van der Waals surface area (Å²) in [6.07, 6.45) is 0.0873. The summed E-state index contributed by atoms with van der Waals surface area (Å²) in [4.78, 5) is 22.7. The number of rotatable bonds is 6. The van der Waals surface area contributed by atoms with Crippen LogP contribution in [0.3, 0.4) is 0 Å². The van der Waals surface area contributed by atoms with Gasteiger partial charge in [0.1, 0.15) is 11.4 Å². The average Bonchev–Trinajstić information content (AvgIpc) is 2.54. The smallest absolute Gasteiger partial charge is 0.292 e. The van der Waals surface area contributed by atoms with Gasteiger partial charge in [0.05, 0.1) is 17.1 Å². The van der Waals surface area contributed by atoms with Gasteiger partial charge in [-0.05, 0) is 50.6 Å². The molecule has 0 aromatic heterocycles. The van der Waals surface area contributed by atoms with E-state index >= 15 is 0 Å². The molecule has 0 heterocycles. The number of benzene rings is 2. The van der Waals surface area contributed by atoms with E-state index in [0.29, 0.717) is 0 Å². The number of nitrogens with two attached hydrogens (primary N) is 1. The molecule has 0 saturated carbocycles. The standard InChI is InChI=1S/C18H21N3O4/c1-11(2)25-15-7-4-13(5-8-15)12(3)20-18(22)14-6-9-16(19)17(10-14)21(23)24/h4-12H,19H2,1-3H3,(H,20,22). The van der Waals surface area contributed by atoms with Crippen molar-refractivity contribution in [3.05, 3.63) is 63.7 Å². The van der Waals surface area contributed by atoms with Crippen LogP contribution in [-0.4, -0.2) is 16.9 Å². The molecular formula is C18H21N3O4. The summed E-state index contributed by atoms with van der Waals surface area (Å²) < 4.78 is 5.58. The Balaban J connectivity index is 2.09. The Kier molecular flexibility index (Phi) is 5.59. The van der Waals surface area contributed by atoms with Crippen LogP contribution in [-0.2, 0) is 0 Å². The Morgan fingerprint density at radius 2 is 1.80 bits per heavy atom. The van der Waals surface area contributed by atoms with Gasteiger partial charge in [-0.1, -0.05) is 12.1 Å². The normalized spacial score (nSPS) is 11.8. The molecule has 0 bridgehead atoms. The summed E-state index contributed by atoms with van der Waals surface area (Å²) in [5, 5.41) is 13.7. The molecule has 3 N–H and O–H groups in total. The summed E-state index contributed by atoms with van der Waals surface area (Å²) in [6, 6.07) is 11.1. The highest BCUT2D eigenvalue weighted by Crippen LogP contribution is 2.23.